The van der Waals surface area contributed by atoms with Crippen molar-refractivity contribution < 1.29 is 9.90 Å². The van der Waals surface area contributed by atoms with Crippen molar-refractivity contribution in [3.63, 3.8) is 0 Å². The van der Waals surface area contributed by atoms with Gasteiger partial charge in [-0.15, -0.1) is 21.5 Å². The highest BCUT2D eigenvalue weighted by atomic mass is 79.9. The van der Waals surface area contributed by atoms with Gasteiger partial charge in [0, 0.05) is 11.1 Å². The van der Waals surface area contributed by atoms with Gasteiger partial charge in [-0.25, -0.2) is 0 Å². The molecule has 7 nitrogen and oxygen atoms in total. The number of rotatable bonds is 4. The van der Waals surface area contributed by atoms with Crippen molar-refractivity contribution in [3.05, 3.63) is 86.2 Å². The van der Waals surface area contributed by atoms with E-state index in [-0.39, 0.29) is 0 Å². The molecule has 5 rings (SSSR count). The lowest BCUT2D eigenvalue weighted by Crippen LogP contribution is -2.21. The summed E-state index contributed by atoms with van der Waals surface area (Å²) >= 11 is 5.24. The summed E-state index contributed by atoms with van der Waals surface area (Å²) < 4.78 is 2.91. The fraction of sp³-hybridized carbons (Fsp3) is 0.192. The number of halogens is 1. The van der Waals surface area contributed by atoms with Crippen LogP contribution in [0.2, 0.25) is 0 Å². The maximum Gasteiger partial charge on any atom is 0.308 e. The van der Waals surface area contributed by atoms with E-state index in [1.165, 1.54) is 0 Å². The first-order valence-corrected chi connectivity index (χ1v) is 12.5. The second kappa shape index (κ2) is 8.87. The van der Waals surface area contributed by atoms with Gasteiger partial charge in [0.15, 0.2) is 5.82 Å². The number of aliphatic carboxylic acids is 1. The first-order valence-electron chi connectivity index (χ1n) is 10.9. The summed E-state index contributed by atoms with van der Waals surface area (Å²) in [5, 5.41) is 28.6. The number of fused-ring (bicyclic) bond motifs is 3. The van der Waals surface area contributed by atoms with Crippen molar-refractivity contribution in [2.24, 2.45) is 10.9 Å². The second-order valence-corrected chi connectivity index (χ2v) is 10.8. The maximum atomic E-state index is 12.0. The number of carbonyl (C=O) groups is 1. The number of carboxylic acids is 1. The Kier molecular flexibility index (Phi) is 5.87. The zero-order chi connectivity index (χ0) is 24.9. The number of hydrogen-bond donors (Lipinski definition) is 1. The Labute approximate surface area is 214 Å². The van der Waals surface area contributed by atoms with E-state index >= 15 is 0 Å². The lowest BCUT2D eigenvalue weighted by Gasteiger charge is -2.16. The number of aryl methyl sites for hydroxylation is 1. The Morgan fingerprint density at radius 2 is 1.86 bits per heavy atom. The van der Waals surface area contributed by atoms with Crippen LogP contribution in [0.1, 0.15) is 46.9 Å². The smallest absolute Gasteiger partial charge is 0.308 e. The zero-order valence-electron chi connectivity index (χ0n) is 19.2. The van der Waals surface area contributed by atoms with E-state index in [9.17, 15) is 15.2 Å². The minimum atomic E-state index is -0.943. The molecule has 0 amide bonds. The molecule has 0 fully saturated rings. The third kappa shape index (κ3) is 3.89. The van der Waals surface area contributed by atoms with Gasteiger partial charge in [0.1, 0.15) is 16.9 Å². The molecule has 0 saturated carbocycles. The van der Waals surface area contributed by atoms with Gasteiger partial charge in [0.05, 0.1) is 27.0 Å². The SMILES string of the molecule is Cc1c(Br)sc2c1C(c1ccc(-c3cccc(C#N)c3)cc1)=N[C@@H](C(C)C(=O)O)c1nnc(C)n1-2. The third-order valence-electron chi connectivity index (χ3n) is 6.24. The summed E-state index contributed by atoms with van der Waals surface area (Å²) in [5.74, 6) is -0.534. The summed E-state index contributed by atoms with van der Waals surface area (Å²) in [7, 11) is 0. The molecule has 35 heavy (non-hydrogen) atoms. The molecule has 2 aromatic heterocycles. The molecule has 0 bridgehead atoms. The Balaban J connectivity index is 1.70. The molecule has 1 aliphatic rings. The first kappa shape index (κ1) is 23.1. The van der Waals surface area contributed by atoms with E-state index < -0.39 is 17.9 Å². The highest BCUT2D eigenvalue weighted by Crippen LogP contribution is 2.42. The van der Waals surface area contributed by atoms with Crippen LogP contribution in [0.25, 0.3) is 16.1 Å². The summed E-state index contributed by atoms with van der Waals surface area (Å²) in [6.07, 6.45) is 0. The number of benzene rings is 2. The molecular weight excluding hydrogens is 526 g/mol. The number of carboxylic acid groups (broad SMARTS) is 1. The molecule has 0 radical (unpaired) electrons. The predicted molar refractivity (Wildman–Crippen MR) is 138 cm³/mol. The molecule has 0 aliphatic carbocycles. The number of aromatic nitrogens is 3. The van der Waals surface area contributed by atoms with Crippen LogP contribution in [-0.4, -0.2) is 31.6 Å². The van der Waals surface area contributed by atoms with Gasteiger partial charge < -0.3 is 5.11 Å². The van der Waals surface area contributed by atoms with Gasteiger partial charge in [-0.2, -0.15) is 5.26 Å². The van der Waals surface area contributed by atoms with Crippen LogP contribution in [0.5, 0.6) is 0 Å². The minimum Gasteiger partial charge on any atom is -0.481 e. The molecule has 1 unspecified atom stereocenters. The van der Waals surface area contributed by atoms with Crippen LogP contribution in [0.3, 0.4) is 0 Å². The number of thiophene rings is 1. The van der Waals surface area contributed by atoms with E-state index in [2.05, 4.69) is 32.2 Å². The van der Waals surface area contributed by atoms with Crippen LogP contribution in [0.4, 0.5) is 0 Å². The van der Waals surface area contributed by atoms with E-state index in [1.54, 1.807) is 24.3 Å². The van der Waals surface area contributed by atoms with Crippen molar-refractivity contribution in [2.45, 2.75) is 26.8 Å². The van der Waals surface area contributed by atoms with Crippen molar-refractivity contribution in [1.82, 2.24) is 14.8 Å². The highest BCUT2D eigenvalue weighted by molar-refractivity contribution is 9.11. The van der Waals surface area contributed by atoms with Crippen molar-refractivity contribution >= 4 is 38.9 Å². The molecule has 4 aromatic rings. The monoisotopic (exact) mass is 545 g/mol. The largest absolute Gasteiger partial charge is 0.481 e. The second-order valence-electron chi connectivity index (χ2n) is 8.44. The van der Waals surface area contributed by atoms with Crippen LogP contribution >= 0.6 is 27.3 Å². The summed E-state index contributed by atoms with van der Waals surface area (Å²) in [6.45, 7) is 5.54. The van der Waals surface area contributed by atoms with E-state index in [1.807, 2.05) is 60.9 Å². The normalized spacial score (nSPS) is 15.4. The first-order chi connectivity index (χ1) is 16.8. The summed E-state index contributed by atoms with van der Waals surface area (Å²) in [4.78, 5) is 17.0. The lowest BCUT2D eigenvalue weighted by molar-refractivity contribution is -0.141. The molecule has 9 heteroatoms. The van der Waals surface area contributed by atoms with Gasteiger partial charge >= 0.3 is 5.97 Å². The summed E-state index contributed by atoms with van der Waals surface area (Å²) in [6, 6.07) is 16.9. The lowest BCUT2D eigenvalue weighted by atomic mass is 9.96. The third-order valence-corrected chi connectivity index (χ3v) is 8.38. The topological polar surface area (TPSA) is 104 Å². The zero-order valence-corrected chi connectivity index (χ0v) is 21.6. The summed E-state index contributed by atoms with van der Waals surface area (Å²) in [5.41, 5.74) is 6.09. The molecule has 174 valence electrons. The van der Waals surface area contributed by atoms with Crippen LogP contribution < -0.4 is 0 Å². The van der Waals surface area contributed by atoms with Gasteiger partial charge in [-0.05, 0) is 65.5 Å². The fourth-order valence-corrected chi connectivity index (χ4v) is 6.02. The highest BCUT2D eigenvalue weighted by Gasteiger charge is 2.36. The minimum absolute atomic E-state index is 0.521. The molecule has 2 aromatic carbocycles. The fourth-order valence-electron chi connectivity index (χ4n) is 4.27. The molecule has 1 aliphatic heterocycles. The average Bonchev–Trinajstić information content (AvgIpc) is 3.33. The quantitative estimate of drug-likeness (QED) is 0.345. The Morgan fingerprint density at radius 1 is 1.14 bits per heavy atom. The maximum absolute atomic E-state index is 12.0. The van der Waals surface area contributed by atoms with Gasteiger partial charge in [0.25, 0.3) is 0 Å². The van der Waals surface area contributed by atoms with E-state index in [4.69, 9.17) is 4.99 Å². The standard InChI is InChI=1S/C26H20BrN5O2S/c1-13-20-22(18-9-7-17(8-10-18)19-6-4-5-16(11-19)12-28)29-21(14(2)26(33)34)24-31-30-15(3)32(24)25(20)35-23(13)27/h4-11,14,21H,1-3H3,(H,33,34)/t14?,21-/m0/s1. The molecule has 2 atom stereocenters. The number of hydrogen-bond acceptors (Lipinski definition) is 6. The number of aliphatic imine (C=N–C) groups is 1. The van der Waals surface area contributed by atoms with Crippen molar-refractivity contribution in [2.75, 3.05) is 0 Å². The van der Waals surface area contributed by atoms with Crippen LogP contribution in [0.15, 0.2) is 57.3 Å². The molecule has 0 saturated heterocycles. The van der Waals surface area contributed by atoms with Crippen molar-refractivity contribution in [1.29, 1.82) is 5.26 Å². The van der Waals surface area contributed by atoms with Crippen LogP contribution in [0, 0.1) is 31.1 Å². The van der Waals surface area contributed by atoms with Crippen molar-refractivity contribution in [3.8, 4) is 22.2 Å². The molecular formula is C26H20BrN5O2S. The molecule has 3 heterocycles. The van der Waals surface area contributed by atoms with Crippen LogP contribution in [-0.2, 0) is 4.79 Å². The molecule has 1 N–H and O–H groups in total. The van der Waals surface area contributed by atoms with Gasteiger partial charge in [-0.1, -0.05) is 36.4 Å². The average molecular weight is 546 g/mol. The Hall–Kier alpha value is -3.61. The molecule has 0 spiro atoms. The Bertz CT molecular complexity index is 1540. The van der Waals surface area contributed by atoms with E-state index in [0.29, 0.717) is 17.2 Å². The Morgan fingerprint density at radius 3 is 2.54 bits per heavy atom. The number of nitrogens with zero attached hydrogens (tertiary/aromatic N) is 5. The number of nitriles is 1. The van der Waals surface area contributed by atoms with E-state index in [0.717, 1.165) is 42.3 Å². The van der Waals surface area contributed by atoms with Gasteiger partial charge in [0.2, 0.25) is 0 Å². The van der Waals surface area contributed by atoms with Gasteiger partial charge in [-0.3, -0.25) is 14.4 Å². The predicted octanol–water partition coefficient (Wildman–Crippen LogP) is 5.86.